The van der Waals surface area contributed by atoms with Crippen molar-refractivity contribution in [2.75, 3.05) is 13.1 Å². The summed E-state index contributed by atoms with van der Waals surface area (Å²) in [5.41, 5.74) is 0.151. The molecular weight excluding hydrogens is 386 g/mol. The monoisotopic (exact) mass is 413 g/mol. The SMILES string of the molecule is CCn1cc(Br)cc1C(=O)NCCCN(C(=O)OC(C)(C)C)C1CC1. The first-order valence-corrected chi connectivity index (χ1v) is 9.64. The Hall–Kier alpha value is -1.50. The highest BCUT2D eigenvalue weighted by Gasteiger charge is 2.34. The molecule has 0 spiro atoms. The molecule has 1 aromatic rings. The van der Waals surface area contributed by atoms with Crippen LogP contribution in [0.25, 0.3) is 0 Å². The van der Waals surface area contributed by atoms with Gasteiger partial charge in [-0.05, 0) is 69.0 Å². The zero-order valence-electron chi connectivity index (χ0n) is 15.5. The third kappa shape index (κ3) is 6.06. The highest BCUT2D eigenvalue weighted by molar-refractivity contribution is 9.10. The van der Waals surface area contributed by atoms with Crippen LogP contribution in [0.15, 0.2) is 16.7 Å². The number of hydrogen-bond donors (Lipinski definition) is 1. The molecule has 0 aliphatic heterocycles. The molecule has 1 aromatic heterocycles. The number of rotatable bonds is 7. The van der Waals surface area contributed by atoms with E-state index >= 15 is 0 Å². The highest BCUT2D eigenvalue weighted by atomic mass is 79.9. The van der Waals surface area contributed by atoms with E-state index in [0.717, 1.165) is 23.9 Å². The standard InChI is InChI=1S/C18H28BrN3O3/c1-5-21-12-13(19)11-15(21)16(23)20-9-6-10-22(14-7-8-14)17(24)25-18(2,3)4/h11-12,14H,5-10H2,1-4H3,(H,20,23). The summed E-state index contributed by atoms with van der Waals surface area (Å²) in [6.07, 6.45) is 4.40. The molecule has 2 amide bonds. The smallest absolute Gasteiger partial charge is 0.410 e. The summed E-state index contributed by atoms with van der Waals surface area (Å²) in [4.78, 5) is 26.4. The fourth-order valence-corrected chi connectivity index (χ4v) is 3.06. The van der Waals surface area contributed by atoms with Gasteiger partial charge in [-0.15, -0.1) is 0 Å². The Morgan fingerprint density at radius 2 is 2.08 bits per heavy atom. The minimum atomic E-state index is -0.489. The molecular formula is C18H28BrN3O3. The van der Waals surface area contributed by atoms with E-state index in [1.807, 2.05) is 44.5 Å². The average Bonchev–Trinajstić information content (AvgIpc) is 3.26. The molecule has 1 fully saturated rings. The van der Waals surface area contributed by atoms with Gasteiger partial charge < -0.3 is 19.5 Å². The van der Waals surface area contributed by atoms with E-state index in [9.17, 15) is 9.59 Å². The summed E-state index contributed by atoms with van der Waals surface area (Å²) < 4.78 is 8.27. The van der Waals surface area contributed by atoms with E-state index in [-0.39, 0.29) is 12.0 Å². The number of amides is 2. The number of nitrogens with zero attached hydrogens (tertiary/aromatic N) is 2. The van der Waals surface area contributed by atoms with Crippen molar-refractivity contribution in [3.8, 4) is 0 Å². The lowest BCUT2D eigenvalue weighted by Crippen LogP contribution is -2.40. The molecule has 2 rings (SSSR count). The number of carbonyl (C=O) groups is 2. The Bertz CT molecular complexity index is 618. The number of halogens is 1. The molecule has 6 nitrogen and oxygen atoms in total. The minimum Gasteiger partial charge on any atom is -0.444 e. The molecule has 0 atom stereocenters. The lowest BCUT2D eigenvalue weighted by atomic mass is 10.2. The fraction of sp³-hybridized carbons (Fsp3) is 0.667. The van der Waals surface area contributed by atoms with Gasteiger partial charge in [-0.25, -0.2) is 4.79 Å². The summed E-state index contributed by atoms with van der Waals surface area (Å²) in [5, 5.41) is 2.93. The maximum atomic E-state index is 12.3. The molecule has 1 N–H and O–H groups in total. The number of carbonyl (C=O) groups excluding carboxylic acids is 2. The van der Waals surface area contributed by atoms with Crippen molar-refractivity contribution in [1.29, 1.82) is 0 Å². The van der Waals surface area contributed by atoms with Gasteiger partial charge in [0.15, 0.2) is 0 Å². The topological polar surface area (TPSA) is 63.6 Å². The van der Waals surface area contributed by atoms with E-state index in [4.69, 9.17) is 4.74 Å². The fourth-order valence-electron chi connectivity index (χ4n) is 2.60. The van der Waals surface area contributed by atoms with Crippen LogP contribution < -0.4 is 5.32 Å². The van der Waals surface area contributed by atoms with Crippen LogP contribution in [0.3, 0.4) is 0 Å². The predicted molar refractivity (Wildman–Crippen MR) is 101 cm³/mol. The second kappa shape index (κ2) is 8.25. The third-order valence-corrected chi connectivity index (χ3v) is 4.35. The summed E-state index contributed by atoms with van der Waals surface area (Å²) in [7, 11) is 0. The van der Waals surface area contributed by atoms with E-state index in [1.54, 1.807) is 4.90 Å². The first-order chi connectivity index (χ1) is 11.7. The largest absolute Gasteiger partial charge is 0.444 e. The van der Waals surface area contributed by atoms with Crippen molar-refractivity contribution < 1.29 is 14.3 Å². The van der Waals surface area contributed by atoms with Gasteiger partial charge >= 0.3 is 6.09 Å². The molecule has 0 saturated heterocycles. The lowest BCUT2D eigenvalue weighted by Gasteiger charge is -2.27. The predicted octanol–water partition coefficient (Wildman–Crippen LogP) is 3.79. The molecule has 1 aliphatic carbocycles. The lowest BCUT2D eigenvalue weighted by molar-refractivity contribution is 0.0232. The van der Waals surface area contributed by atoms with Gasteiger partial charge in [0.25, 0.3) is 5.91 Å². The quantitative estimate of drug-likeness (QED) is 0.691. The number of nitrogens with one attached hydrogen (secondary N) is 1. The van der Waals surface area contributed by atoms with Gasteiger partial charge in [-0.1, -0.05) is 0 Å². The van der Waals surface area contributed by atoms with Crippen molar-refractivity contribution in [3.63, 3.8) is 0 Å². The van der Waals surface area contributed by atoms with E-state index in [0.29, 0.717) is 31.2 Å². The molecule has 1 aliphatic rings. The highest BCUT2D eigenvalue weighted by Crippen LogP contribution is 2.28. The Balaban J connectivity index is 1.80. The second-order valence-corrected chi connectivity index (χ2v) is 8.26. The van der Waals surface area contributed by atoms with E-state index < -0.39 is 5.60 Å². The molecule has 0 aromatic carbocycles. The van der Waals surface area contributed by atoms with E-state index in [1.165, 1.54) is 0 Å². The molecule has 7 heteroatoms. The molecule has 1 saturated carbocycles. The first-order valence-electron chi connectivity index (χ1n) is 8.84. The molecule has 140 valence electrons. The van der Waals surface area contributed by atoms with Gasteiger partial charge in [0, 0.05) is 36.3 Å². The van der Waals surface area contributed by atoms with Crippen LogP contribution in [-0.4, -0.2) is 46.2 Å². The zero-order valence-corrected chi connectivity index (χ0v) is 17.1. The van der Waals surface area contributed by atoms with Crippen LogP contribution in [0.4, 0.5) is 4.79 Å². The first kappa shape index (κ1) is 19.8. The van der Waals surface area contributed by atoms with Crippen LogP contribution in [0.2, 0.25) is 0 Å². The number of ether oxygens (including phenoxy) is 1. The Labute approximate surface area is 158 Å². The van der Waals surface area contributed by atoms with E-state index in [2.05, 4.69) is 21.2 Å². The molecule has 0 radical (unpaired) electrons. The summed E-state index contributed by atoms with van der Waals surface area (Å²) in [6.45, 7) is 9.47. The van der Waals surface area contributed by atoms with Crippen LogP contribution >= 0.6 is 15.9 Å². The minimum absolute atomic E-state index is 0.0946. The van der Waals surface area contributed by atoms with Crippen LogP contribution in [-0.2, 0) is 11.3 Å². The number of aryl methyl sites for hydroxylation is 1. The Morgan fingerprint density at radius 1 is 1.40 bits per heavy atom. The molecule has 25 heavy (non-hydrogen) atoms. The van der Waals surface area contributed by atoms with Gasteiger partial charge in [0.05, 0.1) is 0 Å². The Morgan fingerprint density at radius 3 is 2.64 bits per heavy atom. The van der Waals surface area contributed by atoms with Gasteiger partial charge in [0.1, 0.15) is 11.3 Å². The summed E-state index contributed by atoms with van der Waals surface area (Å²) >= 11 is 3.40. The van der Waals surface area contributed by atoms with Gasteiger partial charge in [-0.2, -0.15) is 0 Å². The van der Waals surface area contributed by atoms with Crippen molar-refractivity contribution in [2.45, 2.75) is 65.1 Å². The number of aromatic nitrogens is 1. The summed E-state index contributed by atoms with van der Waals surface area (Å²) in [5.74, 6) is -0.0946. The molecule has 0 bridgehead atoms. The summed E-state index contributed by atoms with van der Waals surface area (Å²) in [6, 6.07) is 2.11. The van der Waals surface area contributed by atoms with Crippen LogP contribution in [0.5, 0.6) is 0 Å². The molecule has 1 heterocycles. The van der Waals surface area contributed by atoms with Gasteiger partial charge in [-0.3, -0.25) is 4.79 Å². The Kier molecular flexibility index (Phi) is 6.54. The van der Waals surface area contributed by atoms with Crippen molar-refractivity contribution in [3.05, 3.63) is 22.4 Å². The molecule has 0 unspecified atom stereocenters. The van der Waals surface area contributed by atoms with Crippen molar-refractivity contribution in [1.82, 2.24) is 14.8 Å². The van der Waals surface area contributed by atoms with Crippen LogP contribution in [0.1, 0.15) is 57.4 Å². The zero-order chi connectivity index (χ0) is 18.6. The maximum Gasteiger partial charge on any atom is 0.410 e. The van der Waals surface area contributed by atoms with Crippen LogP contribution in [0, 0.1) is 0 Å². The number of hydrogen-bond acceptors (Lipinski definition) is 3. The van der Waals surface area contributed by atoms with Crippen molar-refractivity contribution in [2.24, 2.45) is 0 Å². The average molecular weight is 414 g/mol. The second-order valence-electron chi connectivity index (χ2n) is 7.34. The van der Waals surface area contributed by atoms with Crippen molar-refractivity contribution >= 4 is 27.9 Å². The normalized spacial score (nSPS) is 14.3. The maximum absolute atomic E-state index is 12.3. The van der Waals surface area contributed by atoms with Gasteiger partial charge in [0.2, 0.25) is 0 Å². The third-order valence-electron chi connectivity index (χ3n) is 3.91.